The summed E-state index contributed by atoms with van der Waals surface area (Å²) in [7, 11) is 0. The summed E-state index contributed by atoms with van der Waals surface area (Å²) in [6, 6.07) is 9.95. The minimum absolute atomic E-state index is 0.158. The molecule has 112 valence electrons. The second-order valence-corrected chi connectivity index (χ2v) is 4.63. The Bertz CT molecular complexity index is 351. The molecule has 0 amide bonds. The maximum absolute atomic E-state index is 9.18. The van der Waals surface area contributed by atoms with Crippen LogP contribution in [0.25, 0.3) is 0 Å². The molecule has 0 saturated heterocycles. The summed E-state index contributed by atoms with van der Waals surface area (Å²) in [6.07, 6.45) is 1.07. The number of hydrogen-bond acceptors (Lipinski definition) is 4. The van der Waals surface area contributed by atoms with Crippen LogP contribution in [0.5, 0.6) is 0 Å². The fraction of sp³-hybridized carbons (Fsp3) is 0.500. The van der Waals surface area contributed by atoms with E-state index in [2.05, 4.69) is 6.58 Å². The summed E-state index contributed by atoms with van der Waals surface area (Å²) in [6.45, 7) is 7.44. The Morgan fingerprint density at radius 1 is 1.15 bits per heavy atom. The van der Waals surface area contributed by atoms with Crippen molar-refractivity contribution in [3.05, 3.63) is 48.6 Å². The van der Waals surface area contributed by atoms with Crippen LogP contribution in [-0.4, -0.2) is 43.7 Å². The maximum Gasteiger partial charge on any atom is 0.105 e. The van der Waals surface area contributed by atoms with Crippen LogP contribution in [0.2, 0.25) is 0 Å². The van der Waals surface area contributed by atoms with E-state index in [9.17, 15) is 5.11 Å². The molecule has 0 bridgehead atoms. The van der Waals surface area contributed by atoms with Crippen LogP contribution in [0.3, 0.4) is 0 Å². The molecule has 20 heavy (non-hydrogen) atoms. The van der Waals surface area contributed by atoms with Crippen molar-refractivity contribution in [3.63, 3.8) is 0 Å². The zero-order chi connectivity index (χ0) is 14.6. The number of benzene rings is 1. The van der Waals surface area contributed by atoms with Gasteiger partial charge in [-0.25, -0.2) is 0 Å². The Labute approximate surface area is 121 Å². The molecule has 1 rings (SSSR count). The number of ether oxygens (including phenoxy) is 3. The van der Waals surface area contributed by atoms with Gasteiger partial charge >= 0.3 is 0 Å². The van der Waals surface area contributed by atoms with Crippen LogP contribution in [-0.2, 0) is 20.8 Å². The Hall–Kier alpha value is -1.20. The van der Waals surface area contributed by atoms with E-state index >= 15 is 0 Å². The van der Waals surface area contributed by atoms with Gasteiger partial charge in [-0.2, -0.15) is 0 Å². The first kappa shape index (κ1) is 16.9. The highest BCUT2D eigenvalue weighted by Crippen LogP contribution is 2.05. The van der Waals surface area contributed by atoms with E-state index in [4.69, 9.17) is 14.2 Å². The maximum atomic E-state index is 9.18. The van der Waals surface area contributed by atoms with Crippen LogP contribution in [0.15, 0.2) is 43.0 Å². The molecule has 2 atom stereocenters. The first-order chi connectivity index (χ1) is 9.72. The van der Waals surface area contributed by atoms with Crippen molar-refractivity contribution in [1.29, 1.82) is 0 Å². The molecule has 4 nitrogen and oxygen atoms in total. The smallest absolute Gasteiger partial charge is 0.105 e. The lowest BCUT2D eigenvalue weighted by atomic mass is 10.2. The van der Waals surface area contributed by atoms with Gasteiger partial charge in [0.05, 0.1) is 39.1 Å². The molecule has 0 aliphatic rings. The monoisotopic (exact) mass is 280 g/mol. The third-order valence-electron chi connectivity index (χ3n) is 2.53. The minimum Gasteiger partial charge on any atom is -0.391 e. The summed E-state index contributed by atoms with van der Waals surface area (Å²) in [5.74, 6) is 0. The van der Waals surface area contributed by atoms with Gasteiger partial charge in [-0.1, -0.05) is 36.4 Å². The van der Waals surface area contributed by atoms with Crippen molar-refractivity contribution < 1.29 is 19.3 Å². The molecule has 4 heteroatoms. The fourth-order valence-electron chi connectivity index (χ4n) is 1.59. The van der Waals surface area contributed by atoms with E-state index in [1.165, 1.54) is 0 Å². The Kier molecular flexibility index (Phi) is 8.91. The summed E-state index contributed by atoms with van der Waals surface area (Å²) >= 11 is 0. The van der Waals surface area contributed by atoms with Crippen molar-refractivity contribution in [1.82, 2.24) is 0 Å². The highest BCUT2D eigenvalue weighted by Gasteiger charge is 2.11. The normalized spacial score (nSPS) is 13.9. The molecule has 1 N–H and O–H groups in total. The summed E-state index contributed by atoms with van der Waals surface area (Å²) < 4.78 is 16.6. The molecule has 2 unspecified atom stereocenters. The van der Waals surface area contributed by atoms with Crippen molar-refractivity contribution >= 4 is 0 Å². The first-order valence-electron chi connectivity index (χ1n) is 6.82. The topological polar surface area (TPSA) is 47.9 Å². The molecule has 0 spiro atoms. The zero-order valence-corrected chi connectivity index (χ0v) is 12.0. The lowest BCUT2D eigenvalue weighted by Gasteiger charge is -2.18. The van der Waals surface area contributed by atoms with Crippen molar-refractivity contribution in [3.8, 4) is 0 Å². The highest BCUT2D eigenvalue weighted by atomic mass is 16.6. The number of hydrogen-bond donors (Lipinski definition) is 1. The lowest BCUT2D eigenvalue weighted by molar-refractivity contribution is -0.0730. The average molecular weight is 280 g/mol. The molecular formula is C16H24O4. The third-order valence-corrected chi connectivity index (χ3v) is 2.53. The lowest BCUT2D eigenvalue weighted by Crippen LogP contribution is -2.27. The van der Waals surface area contributed by atoms with Gasteiger partial charge < -0.3 is 19.3 Å². The van der Waals surface area contributed by atoms with E-state index in [1.807, 2.05) is 30.3 Å². The van der Waals surface area contributed by atoms with Crippen LogP contribution < -0.4 is 0 Å². The van der Waals surface area contributed by atoms with Gasteiger partial charge in [0.25, 0.3) is 0 Å². The molecule has 0 aliphatic carbocycles. The van der Waals surface area contributed by atoms with Gasteiger partial charge in [-0.15, -0.1) is 6.58 Å². The SMILES string of the molecule is C=CCOCC(COCC(C)O)OCc1ccccc1. The van der Waals surface area contributed by atoms with E-state index in [-0.39, 0.29) is 6.10 Å². The molecule has 0 radical (unpaired) electrons. The number of rotatable bonds is 11. The second-order valence-electron chi connectivity index (χ2n) is 4.63. The van der Waals surface area contributed by atoms with Crippen molar-refractivity contribution in [2.45, 2.75) is 25.7 Å². The molecular weight excluding hydrogens is 256 g/mol. The predicted molar refractivity (Wildman–Crippen MR) is 78.5 cm³/mol. The Balaban J connectivity index is 2.34. The van der Waals surface area contributed by atoms with Crippen molar-refractivity contribution in [2.75, 3.05) is 26.4 Å². The standard InChI is InChI=1S/C16H24O4/c1-3-9-18-12-16(13-19-10-14(2)17)20-11-15-7-5-4-6-8-15/h3-8,14,16-17H,1,9-13H2,2H3. The number of aliphatic hydroxyl groups excluding tert-OH is 1. The number of aliphatic hydroxyl groups is 1. The molecule has 1 aromatic rings. The van der Waals surface area contributed by atoms with E-state index < -0.39 is 6.10 Å². The van der Waals surface area contributed by atoms with Crippen LogP contribution in [0.1, 0.15) is 12.5 Å². The molecule has 0 aliphatic heterocycles. The molecule has 0 aromatic heterocycles. The fourth-order valence-corrected chi connectivity index (χ4v) is 1.59. The average Bonchev–Trinajstić information content (AvgIpc) is 2.45. The first-order valence-corrected chi connectivity index (χ1v) is 6.82. The zero-order valence-electron chi connectivity index (χ0n) is 12.0. The Morgan fingerprint density at radius 2 is 1.85 bits per heavy atom. The van der Waals surface area contributed by atoms with Gasteiger partial charge in [0, 0.05) is 0 Å². The predicted octanol–water partition coefficient (Wildman–Crippen LogP) is 2.17. The van der Waals surface area contributed by atoms with E-state index in [0.717, 1.165) is 5.56 Å². The van der Waals surface area contributed by atoms with Crippen molar-refractivity contribution in [2.24, 2.45) is 0 Å². The van der Waals surface area contributed by atoms with Gasteiger partial charge in [0.2, 0.25) is 0 Å². The van der Waals surface area contributed by atoms with Gasteiger partial charge in [0.15, 0.2) is 0 Å². The largest absolute Gasteiger partial charge is 0.391 e. The quantitative estimate of drug-likeness (QED) is 0.498. The van der Waals surface area contributed by atoms with Gasteiger partial charge in [-0.05, 0) is 12.5 Å². The van der Waals surface area contributed by atoms with Crippen LogP contribution in [0, 0.1) is 0 Å². The molecule has 0 saturated carbocycles. The van der Waals surface area contributed by atoms with Crippen LogP contribution >= 0.6 is 0 Å². The van der Waals surface area contributed by atoms with E-state index in [0.29, 0.717) is 33.0 Å². The summed E-state index contributed by atoms with van der Waals surface area (Å²) in [4.78, 5) is 0. The summed E-state index contributed by atoms with van der Waals surface area (Å²) in [5.41, 5.74) is 1.11. The van der Waals surface area contributed by atoms with Gasteiger partial charge in [0.1, 0.15) is 6.10 Å². The minimum atomic E-state index is -0.473. The van der Waals surface area contributed by atoms with Crippen LogP contribution in [0.4, 0.5) is 0 Å². The highest BCUT2D eigenvalue weighted by molar-refractivity contribution is 5.13. The molecule has 0 fully saturated rings. The van der Waals surface area contributed by atoms with E-state index in [1.54, 1.807) is 13.0 Å². The Morgan fingerprint density at radius 3 is 2.50 bits per heavy atom. The molecule has 1 aromatic carbocycles. The molecule has 0 heterocycles. The second kappa shape index (κ2) is 10.6. The third kappa shape index (κ3) is 8.07. The summed E-state index contributed by atoms with van der Waals surface area (Å²) in [5, 5.41) is 9.18. The van der Waals surface area contributed by atoms with Gasteiger partial charge in [-0.3, -0.25) is 0 Å².